The molecule has 0 aliphatic carbocycles. The van der Waals surface area contributed by atoms with Gasteiger partial charge in [0.2, 0.25) is 5.89 Å². The predicted molar refractivity (Wildman–Crippen MR) is 81.0 cm³/mol. The first-order valence-electron chi connectivity index (χ1n) is 5.83. The molecule has 0 spiro atoms. The number of hydrogen-bond donors (Lipinski definition) is 1. The highest BCUT2D eigenvalue weighted by Crippen LogP contribution is 2.30. The van der Waals surface area contributed by atoms with E-state index in [9.17, 15) is 4.79 Å². The maximum Gasteiger partial charge on any atom is 0.347 e. The third kappa shape index (κ3) is 3.14. The highest BCUT2D eigenvalue weighted by molar-refractivity contribution is 8.00. The van der Waals surface area contributed by atoms with E-state index < -0.39 is 5.97 Å². The number of thiazole rings is 1. The van der Waals surface area contributed by atoms with Gasteiger partial charge in [0.25, 0.3) is 5.89 Å². The average molecular weight is 339 g/mol. The predicted octanol–water partition coefficient (Wildman–Crippen LogP) is 3.55. The molecule has 0 aliphatic heterocycles. The molecular weight excluding hydrogens is 330 g/mol. The molecule has 0 aliphatic rings. The fourth-order valence-corrected chi connectivity index (χ4v) is 4.08. The Morgan fingerprint density at radius 3 is 3.00 bits per heavy atom. The van der Waals surface area contributed by atoms with Crippen molar-refractivity contribution in [3.05, 3.63) is 34.0 Å². The van der Waals surface area contributed by atoms with E-state index in [0.717, 1.165) is 16.2 Å². The lowest BCUT2D eigenvalue weighted by atomic mass is 10.4. The number of carboxylic acids is 1. The summed E-state index contributed by atoms with van der Waals surface area (Å²) in [5.74, 6) is 0.509. The number of aryl methyl sites for hydroxylation is 1. The number of aromatic nitrogens is 3. The zero-order chi connectivity index (χ0) is 14.8. The molecule has 0 atom stereocenters. The van der Waals surface area contributed by atoms with E-state index in [1.807, 2.05) is 17.5 Å². The quantitative estimate of drug-likeness (QED) is 0.711. The fraction of sp³-hybridized carbons (Fsp3) is 0.167. The molecule has 108 valence electrons. The number of carboxylic acid groups (broad SMARTS) is 1. The Balaban J connectivity index is 1.68. The zero-order valence-corrected chi connectivity index (χ0v) is 13.2. The number of thiophene rings is 1. The summed E-state index contributed by atoms with van der Waals surface area (Å²) in [5.41, 5.74) is 0.528. The van der Waals surface area contributed by atoms with Crippen LogP contribution in [0.5, 0.6) is 0 Å². The summed E-state index contributed by atoms with van der Waals surface area (Å²) < 4.78 is 6.24. The van der Waals surface area contributed by atoms with E-state index in [4.69, 9.17) is 9.52 Å². The Morgan fingerprint density at radius 2 is 2.33 bits per heavy atom. The lowest BCUT2D eigenvalue weighted by molar-refractivity contribution is 0.0701. The van der Waals surface area contributed by atoms with Crippen molar-refractivity contribution >= 4 is 40.4 Å². The summed E-state index contributed by atoms with van der Waals surface area (Å²) in [6.45, 7) is 1.69. The highest BCUT2D eigenvalue weighted by Gasteiger charge is 2.15. The van der Waals surface area contributed by atoms with Crippen molar-refractivity contribution in [2.75, 3.05) is 0 Å². The van der Waals surface area contributed by atoms with E-state index in [-0.39, 0.29) is 4.88 Å². The lowest BCUT2D eigenvalue weighted by Gasteiger charge is -1.91. The minimum atomic E-state index is -0.949. The monoisotopic (exact) mass is 339 g/mol. The van der Waals surface area contributed by atoms with Gasteiger partial charge >= 0.3 is 5.97 Å². The average Bonchev–Trinajstić information content (AvgIpc) is 3.16. The molecular formula is C12H9N3O3S3. The molecule has 0 bridgehead atoms. The van der Waals surface area contributed by atoms with Gasteiger partial charge in [0.1, 0.15) is 4.88 Å². The van der Waals surface area contributed by atoms with Crippen LogP contribution in [0.3, 0.4) is 0 Å². The summed E-state index contributed by atoms with van der Waals surface area (Å²) >= 11 is 4.08. The SMILES string of the molecule is Cc1nc(SCc2nnc(-c3cccs3)o2)sc1C(=O)O. The van der Waals surface area contributed by atoms with Crippen LogP contribution in [0, 0.1) is 6.92 Å². The van der Waals surface area contributed by atoms with Gasteiger partial charge in [0.15, 0.2) is 4.34 Å². The third-order valence-corrected chi connectivity index (χ3v) is 5.62. The smallest absolute Gasteiger partial charge is 0.347 e. The van der Waals surface area contributed by atoms with Crippen LogP contribution in [-0.4, -0.2) is 26.3 Å². The van der Waals surface area contributed by atoms with Gasteiger partial charge in [-0.1, -0.05) is 17.8 Å². The van der Waals surface area contributed by atoms with Crippen molar-refractivity contribution in [2.45, 2.75) is 17.0 Å². The normalized spacial score (nSPS) is 10.9. The second-order valence-electron chi connectivity index (χ2n) is 3.97. The van der Waals surface area contributed by atoms with Gasteiger partial charge in [-0.2, -0.15) is 0 Å². The number of aromatic carboxylic acids is 1. The molecule has 0 saturated carbocycles. The van der Waals surface area contributed by atoms with Gasteiger partial charge in [0.05, 0.1) is 16.3 Å². The third-order valence-electron chi connectivity index (χ3n) is 2.49. The molecule has 0 radical (unpaired) electrons. The van der Waals surface area contributed by atoms with Crippen LogP contribution in [0.15, 0.2) is 26.3 Å². The molecule has 0 aromatic carbocycles. The van der Waals surface area contributed by atoms with Crippen molar-refractivity contribution in [2.24, 2.45) is 0 Å². The van der Waals surface area contributed by atoms with Crippen LogP contribution in [-0.2, 0) is 5.75 Å². The van der Waals surface area contributed by atoms with E-state index in [2.05, 4.69) is 15.2 Å². The maximum atomic E-state index is 11.0. The summed E-state index contributed by atoms with van der Waals surface area (Å²) in [4.78, 5) is 16.4. The minimum absolute atomic E-state index is 0.266. The lowest BCUT2D eigenvalue weighted by Crippen LogP contribution is -1.94. The largest absolute Gasteiger partial charge is 0.477 e. The highest BCUT2D eigenvalue weighted by atomic mass is 32.2. The Bertz CT molecular complexity index is 764. The van der Waals surface area contributed by atoms with Gasteiger partial charge in [-0.3, -0.25) is 0 Å². The van der Waals surface area contributed by atoms with Crippen LogP contribution in [0.25, 0.3) is 10.8 Å². The second kappa shape index (κ2) is 5.96. The summed E-state index contributed by atoms with van der Waals surface area (Å²) in [6.07, 6.45) is 0. The molecule has 1 N–H and O–H groups in total. The Kier molecular flexibility index (Phi) is 4.04. The van der Waals surface area contributed by atoms with Crippen LogP contribution >= 0.6 is 34.4 Å². The first-order chi connectivity index (χ1) is 10.1. The van der Waals surface area contributed by atoms with Gasteiger partial charge in [-0.15, -0.1) is 32.9 Å². The zero-order valence-electron chi connectivity index (χ0n) is 10.8. The number of rotatable bonds is 5. The van der Waals surface area contributed by atoms with Gasteiger partial charge in [0, 0.05) is 0 Å². The second-order valence-corrected chi connectivity index (χ2v) is 7.14. The topological polar surface area (TPSA) is 89.1 Å². The minimum Gasteiger partial charge on any atom is -0.477 e. The van der Waals surface area contributed by atoms with Crippen molar-refractivity contribution in [3.8, 4) is 10.8 Å². The molecule has 21 heavy (non-hydrogen) atoms. The molecule has 0 amide bonds. The van der Waals surface area contributed by atoms with Crippen molar-refractivity contribution in [3.63, 3.8) is 0 Å². The van der Waals surface area contributed by atoms with Crippen molar-refractivity contribution in [1.82, 2.24) is 15.2 Å². The van der Waals surface area contributed by atoms with E-state index in [1.165, 1.54) is 23.1 Å². The summed E-state index contributed by atoms with van der Waals surface area (Å²) in [5, 5.41) is 18.9. The molecule has 3 rings (SSSR count). The molecule has 0 saturated heterocycles. The van der Waals surface area contributed by atoms with Crippen molar-refractivity contribution < 1.29 is 14.3 Å². The first kappa shape index (κ1) is 14.2. The van der Waals surface area contributed by atoms with Gasteiger partial charge in [-0.05, 0) is 18.4 Å². The van der Waals surface area contributed by atoms with Gasteiger partial charge < -0.3 is 9.52 Å². The first-order valence-corrected chi connectivity index (χ1v) is 8.51. The number of nitrogens with zero attached hydrogens (tertiary/aromatic N) is 3. The fourth-order valence-electron chi connectivity index (χ4n) is 1.57. The van der Waals surface area contributed by atoms with E-state index >= 15 is 0 Å². The van der Waals surface area contributed by atoms with Crippen molar-refractivity contribution in [1.29, 1.82) is 0 Å². The molecule has 3 heterocycles. The van der Waals surface area contributed by atoms with Gasteiger partial charge in [-0.25, -0.2) is 9.78 Å². The van der Waals surface area contributed by atoms with Crippen LogP contribution < -0.4 is 0 Å². The number of hydrogen-bond acceptors (Lipinski definition) is 8. The molecule has 9 heteroatoms. The molecule has 3 aromatic heterocycles. The number of carbonyl (C=O) groups is 1. The van der Waals surface area contributed by atoms with E-state index in [0.29, 0.717) is 27.6 Å². The van der Waals surface area contributed by atoms with Crippen LogP contribution in [0.4, 0.5) is 0 Å². The summed E-state index contributed by atoms with van der Waals surface area (Å²) in [6, 6.07) is 3.84. The van der Waals surface area contributed by atoms with Crippen LogP contribution in [0.1, 0.15) is 21.3 Å². The Hall–Kier alpha value is -1.71. The molecule has 3 aromatic rings. The van der Waals surface area contributed by atoms with E-state index in [1.54, 1.807) is 6.92 Å². The Labute approximate surface area is 131 Å². The Morgan fingerprint density at radius 1 is 1.48 bits per heavy atom. The molecule has 0 unspecified atom stereocenters. The molecule has 6 nitrogen and oxygen atoms in total. The summed E-state index contributed by atoms with van der Waals surface area (Å²) in [7, 11) is 0. The van der Waals surface area contributed by atoms with Crippen LogP contribution in [0.2, 0.25) is 0 Å². The standard InChI is InChI=1S/C12H9N3O3S3/c1-6-9(11(16)17)21-12(13-6)20-5-8-14-15-10(18-8)7-3-2-4-19-7/h2-4H,5H2,1H3,(H,16,17). The maximum absolute atomic E-state index is 11.0. The number of thioether (sulfide) groups is 1. The molecule has 0 fully saturated rings.